The van der Waals surface area contributed by atoms with E-state index in [0.29, 0.717) is 18.6 Å². The summed E-state index contributed by atoms with van der Waals surface area (Å²) in [5.74, 6) is 0.542. The van der Waals surface area contributed by atoms with Crippen molar-refractivity contribution in [2.75, 3.05) is 20.0 Å². The van der Waals surface area contributed by atoms with E-state index in [-0.39, 0.29) is 5.97 Å². The molecule has 0 fully saturated rings. The Labute approximate surface area is 112 Å². The Kier molecular flexibility index (Phi) is 6.36. The van der Waals surface area contributed by atoms with Gasteiger partial charge < -0.3 is 9.47 Å². The van der Waals surface area contributed by atoms with Crippen molar-refractivity contribution >= 4 is 17.7 Å². The summed E-state index contributed by atoms with van der Waals surface area (Å²) in [7, 11) is 1.38. The Morgan fingerprint density at radius 1 is 1.39 bits per heavy atom. The van der Waals surface area contributed by atoms with Gasteiger partial charge in [0.25, 0.3) is 0 Å². The van der Waals surface area contributed by atoms with Crippen molar-refractivity contribution in [1.82, 2.24) is 0 Å². The zero-order chi connectivity index (χ0) is 13.4. The number of methoxy groups -OCH3 is 1. The van der Waals surface area contributed by atoms with Crippen LogP contribution in [0.5, 0.6) is 5.75 Å². The van der Waals surface area contributed by atoms with Crippen LogP contribution in [0.1, 0.15) is 13.3 Å². The zero-order valence-corrected chi connectivity index (χ0v) is 11.8. The first kappa shape index (κ1) is 14.6. The van der Waals surface area contributed by atoms with Gasteiger partial charge in [-0.3, -0.25) is 0 Å². The van der Waals surface area contributed by atoms with E-state index in [4.69, 9.17) is 4.74 Å². The molecule has 0 saturated heterocycles. The lowest BCUT2D eigenvalue weighted by Gasteiger charge is -2.08. The average Bonchev–Trinajstić information content (AvgIpc) is 2.43. The second-order valence-corrected chi connectivity index (χ2v) is 4.38. The molecular formula is C14H18O3S. The molecule has 0 saturated carbocycles. The van der Waals surface area contributed by atoms with Gasteiger partial charge in [-0.05, 0) is 30.9 Å². The highest BCUT2D eigenvalue weighted by atomic mass is 32.2. The fraction of sp³-hybridized carbons (Fsp3) is 0.357. The number of benzene rings is 1. The Morgan fingerprint density at radius 3 is 2.72 bits per heavy atom. The minimum atomic E-state index is -0.292. The molecule has 0 N–H and O–H groups in total. The Hall–Kier alpha value is -1.42. The van der Waals surface area contributed by atoms with Crippen LogP contribution in [0.15, 0.2) is 40.8 Å². The van der Waals surface area contributed by atoms with Crippen LogP contribution < -0.4 is 4.74 Å². The van der Waals surface area contributed by atoms with Crippen LogP contribution in [0.3, 0.4) is 0 Å². The van der Waals surface area contributed by atoms with Gasteiger partial charge in [0.1, 0.15) is 12.4 Å². The second kappa shape index (κ2) is 7.82. The first-order valence-electron chi connectivity index (χ1n) is 5.76. The van der Waals surface area contributed by atoms with Gasteiger partial charge >= 0.3 is 5.97 Å². The third-order valence-corrected chi connectivity index (χ3v) is 3.24. The quantitative estimate of drug-likeness (QED) is 0.449. The van der Waals surface area contributed by atoms with Gasteiger partial charge in [-0.15, -0.1) is 11.8 Å². The van der Waals surface area contributed by atoms with Gasteiger partial charge in [-0.2, -0.15) is 0 Å². The highest BCUT2D eigenvalue weighted by Crippen LogP contribution is 2.26. The summed E-state index contributed by atoms with van der Waals surface area (Å²) >= 11 is 1.63. The summed E-state index contributed by atoms with van der Waals surface area (Å²) in [5.41, 5.74) is 0.638. The van der Waals surface area contributed by atoms with Crippen LogP contribution in [-0.4, -0.2) is 25.9 Å². The van der Waals surface area contributed by atoms with Crippen LogP contribution in [0.4, 0.5) is 0 Å². The lowest BCUT2D eigenvalue weighted by atomic mass is 10.2. The van der Waals surface area contributed by atoms with Crippen LogP contribution in [0.25, 0.3) is 0 Å². The first-order chi connectivity index (χ1) is 8.72. The molecule has 0 aromatic heterocycles. The number of carbonyl (C=O) groups excluding carboxylic acids is 1. The number of ether oxygens (including phenoxy) is 2. The Balaban J connectivity index is 2.64. The molecule has 0 radical (unpaired) electrons. The van der Waals surface area contributed by atoms with Crippen molar-refractivity contribution < 1.29 is 14.3 Å². The highest BCUT2D eigenvalue weighted by Gasteiger charge is 2.06. The fourth-order valence-corrected chi connectivity index (χ4v) is 2.02. The lowest BCUT2D eigenvalue weighted by Crippen LogP contribution is -2.06. The number of thioether (sulfide) groups is 1. The first-order valence-corrected chi connectivity index (χ1v) is 6.98. The molecule has 0 bridgehead atoms. The highest BCUT2D eigenvalue weighted by molar-refractivity contribution is 7.98. The molecule has 0 aliphatic rings. The normalized spacial score (nSPS) is 11.2. The van der Waals surface area contributed by atoms with Crippen LogP contribution in [-0.2, 0) is 9.53 Å². The third kappa shape index (κ3) is 4.11. The maximum Gasteiger partial charge on any atom is 0.333 e. The summed E-state index contributed by atoms with van der Waals surface area (Å²) in [6, 6.07) is 7.83. The van der Waals surface area contributed by atoms with Gasteiger partial charge in [0.15, 0.2) is 0 Å². The molecule has 98 valence electrons. The van der Waals surface area contributed by atoms with E-state index >= 15 is 0 Å². The second-order valence-electron chi connectivity index (χ2n) is 3.54. The van der Waals surface area contributed by atoms with Crippen LogP contribution in [0.2, 0.25) is 0 Å². The molecular weight excluding hydrogens is 248 g/mol. The molecule has 0 amide bonds. The van der Waals surface area contributed by atoms with Gasteiger partial charge in [-0.25, -0.2) is 4.79 Å². The summed E-state index contributed by atoms with van der Waals surface area (Å²) < 4.78 is 10.3. The smallest absolute Gasteiger partial charge is 0.333 e. The standard InChI is InChI=1S/C14H18O3S/c1-4-11(14(15)16-2)9-10-17-12-7-5-6-8-13(12)18-3/h5-9H,4,10H2,1-3H3. The lowest BCUT2D eigenvalue weighted by molar-refractivity contribution is -0.136. The van der Waals surface area contributed by atoms with E-state index in [1.807, 2.05) is 37.4 Å². The molecule has 0 spiro atoms. The van der Waals surface area contributed by atoms with Gasteiger partial charge in [0, 0.05) is 10.5 Å². The molecule has 1 aromatic rings. The number of hydrogen-bond donors (Lipinski definition) is 0. The van der Waals surface area contributed by atoms with Gasteiger partial charge in [0.05, 0.1) is 7.11 Å². The SMILES string of the molecule is CCC(=CCOc1ccccc1SC)C(=O)OC. The minimum Gasteiger partial charge on any atom is -0.488 e. The van der Waals surface area contributed by atoms with Gasteiger partial charge in [-0.1, -0.05) is 19.1 Å². The summed E-state index contributed by atoms with van der Waals surface area (Å²) in [4.78, 5) is 12.4. The molecule has 3 nitrogen and oxygen atoms in total. The molecule has 4 heteroatoms. The topological polar surface area (TPSA) is 35.5 Å². The summed E-state index contributed by atoms with van der Waals surface area (Å²) in [6.45, 7) is 2.29. The molecule has 0 heterocycles. The third-order valence-electron chi connectivity index (χ3n) is 2.47. The molecule has 0 unspecified atom stereocenters. The van der Waals surface area contributed by atoms with E-state index in [1.54, 1.807) is 17.8 Å². The number of hydrogen-bond acceptors (Lipinski definition) is 4. The average molecular weight is 266 g/mol. The fourth-order valence-electron chi connectivity index (χ4n) is 1.47. The maximum atomic E-state index is 11.4. The Bertz CT molecular complexity index is 427. The van der Waals surface area contributed by atoms with Crippen molar-refractivity contribution in [3.05, 3.63) is 35.9 Å². The molecule has 18 heavy (non-hydrogen) atoms. The molecule has 1 aromatic carbocycles. The van der Waals surface area contributed by atoms with Crippen LogP contribution in [0, 0.1) is 0 Å². The number of para-hydroxylation sites is 1. The monoisotopic (exact) mass is 266 g/mol. The Morgan fingerprint density at radius 2 is 2.11 bits per heavy atom. The maximum absolute atomic E-state index is 11.4. The van der Waals surface area contributed by atoms with E-state index in [2.05, 4.69) is 4.74 Å². The predicted molar refractivity (Wildman–Crippen MR) is 74.1 cm³/mol. The largest absolute Gasteiger partial charge is 0.488 e. The van der Waals surface area contributed by atoms with E-state index < -0.39 is 0 Å². The predicted octanol–water partition coefficient (Wildman–Crippen LogP) is 3.30. The number of esters is 1. The van der Waals surface area contributed by atoms with Crippen molar-refractivity contribution in [2.24, 2.45) is 0 Å². The van der Waals surface area contributed by atoms with Crippen molar-refractivity contribution in [1.29, 1.82) is 0 Å². The van der Waals surface area contributed by atoms with Crippen molar-refractivity contribution in [2.45, 2.75) is 18.2 Å². The van der Waals surface area contributed by atoms with E-state index in [1.165, 1.54) is 7.11 Å². The zero-order valence-electron chi connectivity index (χ0n) is 10.9. The van der Waals surface area contributed by atoms with E-state index in [9.17, 15) is 4.79 Å². The van der Waals surface area contributed by atoms with Crippen molar-refractivity contribution in [3.8, 4) is 5.75 Å². The molecule has 1 rings (SSSR count). The molecule has 0 aliphatic carbocycles. The van der Waals surface area contributed by atoms with E-state index in [0.717, 1.165) is 10.6 Å². The minimum absolute atomic E-state index is 0.292. The summed E-state index contributed by atoms with van der Waals surface area (Å²) in [6.07, 6.45) is 4.41. The van der Waals surface area contributed by atoms with Crippen molar-refractivity contribution in [3.63, 3.8) is 0 Å². The van der Waals surface area contributed by atoms with Gasteiger partial charge in [0.2, 0.25) is 0 Å². The molecule has 0 atom stereocenters. The number of carbonyl (C=O) groups is 1. The summed E-state index contributed by atoms with van der Waals surface area (Å²) in [5, 5.41) is 0. The van der Waals surface area contributed by atoms with Crippen LogP contribution >= 0.6 is 11.8 Å². The number of rotatable bonds is 6. The molecule has 0 aliphatic heterocycles.